The molecule has 0 aromatic carbocycles. The first-order valence-corrected chi connectivity index (χ1v) is 6.45. The molecule has 5 heteroatoms. The van der Waals surface area contributed by atoms with Gasteiger partial charge in [0.2, 0.25) is 0 Å². The third kappa shape index (κ3) is 6.00. The van der Waals surface area contributed by atoms with Gasteiger partial charge in [0.1, 0.15) is 5.60 Å². The lowest BCUT2D eigenvalue weighted by Gasteiger charge is -2.22. The van der Waals surface area contributed by atoms with Crippen molar-refractivity contribution in [3.8, 4) is 0 Å². The van der Waals surface area contributed by atoms with E-state index in [1.165, 1.54) is 0 Å². The summed E-state index contributed by atoms with van der Waals surface area (Å²) in [6.45, 7) is 8.00. The van der Waals surface area contributed by atoms with Crippen molar-refractivity contribution in [2.45, 2.75) is 64.7 Å². The van der Waals surface area contributed by atoms with Crippen molar-refractivity contribution in [3.05, 3.63) is 0 Å². The summed E-state index contributed by atoms with van der Waals surface area (Å²) in [5, 5.41) is 2.62. The van der Waals surface area contributed by atoms with Crippen molar-refractivity contribution in [1.82, 2.24) is 5.32 Å². The predicted molar refractivity (Wildman–Crippen MR) is 67.4 cm³/mol. The van der Waals surface area contributed by atoms with Crippen molar-refractivity contribution < 1.29 is 19.1 Å². The van der Waals surface area contributed by atoms with Crippen molar-refractivity contribution in [2.75, 3.05) is 6.61 Å². The number of alkyl carbamates (subject to hydrolysis) is 1. The predicted octanol–water partition coefficient (Wildman–Crippen LogP) is 2.04. The highest BCUT2D eigenvalue weighted by Gasteiger charge is 2.26. The summed E-state index contributed by atoms with van der Waals surface area (Å²) in [7, 11) is 0. The minimum Gasteiger partial charge on any atom is -0.444 e. The molecule has 2 atom stereocenters. The number of Topliss-reactive ketones (excluding diaryl/α,β-unsaturated/α-hetero) is 1. The van der Waals surface area contributed by atoms with E-state index in [0.717, 1.165) is 13.0 Å². The smallest absolute Gasteiger partial charge is 0.408 e. The number of carbonyl (C=O) groups excluding carboxylic acids is 2. The molecule has 104 valence electrons. The molecular weight excluding hydrogens is 234 g/mol. The number of amides is 1. The number of epoxide rings is 1. The summed E-state index contributed by atoms with van der Waals surface area (Å²) in [6.07, 6.45) is 1.46. The van der Waals surface area contributed by atoms with E-state index in [2.05, 4.69) is 5.32 Å². The molecule has 1 aliphatic rings. The van der Waals surface area contributed by atoms with E-state index in [9.17, 15) is 9.59 Å². The summed E-state index contributed by atoms with van der Waals surface area (Å²) in [6, 6.07) is -0.460. The average Bonchev–Trinajstić information content (AvgIpc) is 3.03. The molecule has 1 amide bonds. The van der Waals surface area contributed by atoms with Crippen LogP contribution in [0, 0.1) is 0 Å². The number of ketones is 1. The summed E-state index contributed by atoms with van der Waals surface area (Å²) in [5.74, 6) is 0.0406. The first-order valence-electron chi connectivity index (χ1n) is 6.45. The molecule has 1 fully saturated rings. The molecule has 18 heavy (non-hydrogen) atoms. The Morgan fingerprint density at radius 2 is 2.06 bits per heavy atom. The zero-order chi connectivity index (χ0) is 13.8. The van der Waals surface area contributed by atoms with Crippen molar-refractivity contribution in [2.24, 2.45) is 0 Å². The van der Waals surface area contributed by atoms with E-state index in [1.54, 1.807) is 20.8 Å². The zero-order valence-corrected chi connectivity index (χ0v) is 11.6. The van der Waals surface area contributed by atoms with Crippen LogP contribution in [0.4, 0.5) is 4.79 Å². The van der Waals surface area contributed by atoms with Crippen LogP contribution in [-0.2, 0) is 14.3 Å². The van der Waals surface area contributed by atoms with Crippen molar-refractivity contribution in [1.29, 1.82) is 0 Å². The Morgan fingerprint density at radius 3 is 2.50 bits per heavy atom. The van der Waals surface area contributed by atoms with Gasteiger partial charge in [-0.25, -0.2) is 4.79 Å². The normalized spacial score (nSPS) is 20.1. The summed E-state index contributed by atoms with van der Waals surface area (Å²) in [4.78, 5) is 23.5. The Kier molecular flexibility index (Phi) is 5.14. The monoisotopic (exact) mass is 257 g/mol. The van der Waals surface area contributed by atoms with Gasteiger partial charge < -0.3 is 14.8 Å². The highest BCUT2D eigenvalue weighted by molar-refractivity contribution is 5.87. The average molecular weight is 257 g/mol. The van der Waals surface area contributed by atoms with Gasteiger partial charge in [0.15, 0.2) is 5.78 Å². The van der Waals surface area contributed by atoms with Crippen LogP contribution in [0.15, 0.2) is 0 Å². The van der Waals surface area contributed by atoms with Crippen LogP contribution < -0.4 is 5.32 Å². The third-order valence-corrected chi connectivity index (χ3v) is 2.60. The second-order valence-electron chi connectivity index (χ2n) is 5.57. The molecule has 0 aromatic heterocycles. The van der Waals surface area contributed by atoms with Crippen molar-refractivity contribution in [3.63, 3.8) is 0 Å². The zero-order valence-electron chi connectivity index (χ0n) is 11.6. The van der Waals surface area contributed by atoms with Gasteiger partial charge in [-0.1, -0.05) is 6.92 Å². The van der Waals surface area contributed by atoms with E-state index < -0.39 is 17.7 Å². The molecule has 0 bridgehead atoms. The van der Waals surface area contributed by atoms with Gasteiger partial charge in [0, 0.05) is 6.42 Å². The van der Waals surface area contributed by atoms with Crippen LogP contribution >= 0.6 is 0 Å². The Bertz CT molecular complexity index is 305. The van der Waals surface area contributed by atoms with Crippen LogP contribution in [0.25, 0.3) is 0 Å². The Hall–Kier alpha value is -1.10. The highest BCUT2D eigenvalue weighted by Crippen LogP contribution is 2.16. The van der Waals surface area contributed by atoms with Gasteiger partial charge in [0.25, 0.3) is 0 Å². The first kappa shape index (κ1) is 15.0. The third-order valence-electron chi connectivity index (χ3n) is 2.60. The number of carbonyl (C=O) groups is 2. The Morgan fingerprint density at radius 1 is 1.44 bits per heavy atom. The van der Waals surface area contributed by atoms with Gasteiger partial charge in [-0.05, 0) is 33.6 Å². The molecule has 0 radical (unpaired) electrons. The molecule has 1 aliphatic heterocycles. The van der Waals surface area contributed by atoms with Crippen LogP contribution in [-0.4, -0.2) is 36.2 Å². The largest absolute Gasteiger partial charge is 0.444 e. The molecule has 1 N–H and O–H groups in total. The van der Waals surface area contributed by atoms with Gasteiger partial charge in [-0.3, -0.25) is 4.79 Å². The Balaban J connectivity index is 2.34. The van der Waals surface area contributed by atoms with Crippen molar-refractivity contribution >= 4 is 11.9 Å². The quantitative estimate of drug-likeness (QED) is 0.739. The molecule has 0 spiro atoms. The number of hydrogen-bond donors (Lipinski definition) is 1. The molecule has 5 nitrogen and oxygen atoms in total. The molecule has 1 heterocycles. The van der Waals surface area contributed by atoms with Gasteiger partial charge in [0.05, 0.1) is 18.8 Å². The number of nitrogens with one attached hydrogen (secondary N) is 1. The van der Waals surface area contributed by atoms with Crippen LogP contribution in [0.5, 0.6) is 0 Å². The van der Waals surface area contributed by atoms with Crippen LogP contribution in [0.3, 0.4) is 0 Å². The maximum absolute atomic E-state index is 11.9. The summed E-state index contributed by atoms with van der Waals surface area (Å²) in [5.41, 5.74) is -0.548. The maximum atomic E-state index is 11.9. The van der Waals surface area contributed by atoms with E-state index in [-0.39, 0.29) is 11.9 Å². The second-order valence-corrected chi connectivity index (χ2v) is 5.57. The Labute approximate surface area is 108 Å². The van der Waals surface area contributed by atoms with E-state index in [0.29, 0.717) is 12.8 Å². The minimum atomic E-state index is -0.548. The fourth-order valence-corrected chi connectivity index (χ4v) is 1.57. The number of rotatable bonds is 6. The fraction of sp³-hybridized carbons (Fsp3) is 0.846. The molecule has 1 saturated heterocycles. The summed E-state index contributed by atoms with van der Waals surface area (Å²) < 4.78 is 10.2. The second kappa shape index (κ2) is 6.18. The standard InChI is InChI=1S/C13H23NO4/c1-5-10(11(15)7-6-9-8-17-9)14-12(16)18-13(2,3)4/h9-10H,5-8H2,1-4H3,(H,14,16)/t9?,10-/m1/s1. The van der Waals surface area contributed by atoms with Gasteiger partial charge >= 0.3 is 6.09 Å². The highest BCUT2D eigenvalue weighted by atomic mass is 16.6. The van der Waals surface area contributed by atoms with Crippen LogP contribution in [0.2, 0.25) is 0 Å². The fourth-order valence-electron chi connectivity index (χ4n) is 1.57. The number of ether oxygens (including phenoxy) is 2. The van der Waals surface area contributed by atoms with E-state index >= 15 is 0 Å². The molecular formula is C13H23NO4. The minimum absolute atomic E-state index is 0.0406. The van der Waals surface area contributed by atoms with E-state index in [1.807, 2.05) is 6.92 Å². The van der Waals surface area contributed by atoms with Crippen LogP contribution in [0.1, 0.15) is 47.0 Å². The van der Waals surface area contributed by atoms with Gasteiger partial charge in [-0.2, -0.15) is 0 Å². The lowest BCUT2D eigenvalue weighted by atomic mass is 10.0. The molecule has 0 aliphatic carbocycles. The summed E-state index contributed by atoms with van der Waals surface area (Å²) >= 11 is 0. The lowest BCUT2D eigenvalue weighted by Crippen LogP contribution is -2.43. The maximum Gasteiger partial charge on any atom is 0.408 e. The lowest BCUT2D eigenvalue weighted by molar-refractivity contribution is -0.121. The molecule has 1 unspecified atom stereocenters. The SMILES string of the molecule is CC[C@@H](NC(=O)OC(C)(C)C)C(=O)CCC1CO1. The first-order chi connectivity index (χ1) is 8.31. The molecule has 0 saturated carbocycles. The van der Waals surface area contributed by atoms with Gasteiger partial charge in [-0.15, -0.1) is 0 Å². The topological polar surface area (TPSA) is 67.9 Å². The number of hydrogen-bond acceptors (Lipinski definition) is 4. The molecule has 0 aromatic rings. The molecule has 1 rings (SSSR count). The van der Waals surface area contributed by atoms with E-state index in [4.69, 9.17) is 9.47 Å².